The van der Waals surface area contributed by atoms with Crippen LogP contribution in [0.2, 0.25) is 0 Å². The molecular weight excluding hydrogens is 536 g/mol. The second-order valence-electron chi connectivity index (χ2n) is 12.9. The first kappa shape index (κ1) is 31.5. The molecule has 3 heterocycles. The number of allylic oxidation sites excluding steroid dienone is 1. The van der Waals surface area contributed by atoms with Gasteiger partial charge < -0.3 is 20.3 Å². The van der Waals surface area contributed by atoms with Gasteiger partial charge in [0.25, 0.3) is 0 Å². The number of Topliss-reactive ketones (excluding diaryl/α,β-unsaturated/α-hetero) is 1. The van der Waals surface area contributed by atoms with E-state index >= 15 is 0 Å². The van der Waals surface area contributed by atoms with Crippen molar-refractivity contribution in [1.82, 2.24) is 10.3 Å². The normalized spacial score (nSPS) is 33.7. The van der Waals surface area contributed by atoms with Gasteiger partial charge in [-0.05, 0) is 63.6 Å². The number of epoxide rings is 1. The number of ether oxygens (including phenoxy) is 1. The van der Waals surface area contributed by atoms with E-state index in [0.29, 0.717) is 12.8 Å². The Balaban J connectivity index is 1.61. The fourth-order valence-corrected chi connectivity index (χ4v) is 6.95. The van der Waals surface area contributed by atoms with E-state index in [1.807, 2.05) is 20.8 Å². The van der Waals surface area contributed by atoms with Crippen LogP contribution in [0.5, 0.6) is 0 Å². The van der Waals surface area contributed by atoms with Crippen molar-refractivity contribution in [2.45, 2.75) is 110 Å². The molecule has 8 heteroatoms. The number of aliphatic hydroxyl groups is 2. The van der Waals surface area contributed by atoms with Crippen LogP contribution in [-0.4, -0.2) is 56.8 Å². The highest BCUT2D eigenvalue weighted by atomic mass is 32.1. The molecule has 2 fully saturated rings. The van der Waals surface area contributed by atoms with E-state index in [1.54, 1.807) is 31.3 Å². The Bertz CT molecular complexity index is 1320. The number of ketones is 1. The molecule has 2 unspecified atom stereocenters. The second-order valence-corrected chi connectivity index (χ2v) is 14.2. The Hall–Kier alpha value is -2.39. The van der Waals surface area contributed by atoms with Gasteiger partial charge in [0.1, 0.15) is 5.78 Å². The van der Waals surface area contributed by atoms with E-state index in [2.05, 4.69) is 48.1 Å². The van der Waals surface area contributed by atoms with Gasteiger partial charge in [-0.2, -0.15) is 0 Å². The molecule has 2 aliphatic rings. The number of hydrogen-bond donors (Lipinski definition) is 3. The zero-order valence-corrected chi connectivity index (χ0v) is 26.1. The van der Waals surface area contributed by atoms with Gasteiger partial charge in [0, 0.05) is 12.3 Å². The average Bonchev–Trinajstić information content (AvgIpc) is 3.37. The second kappa shape index (κ2) is 12.5. The minimum Gasteiger partial charge on any atom is -0.392 e. The molecule has 224 valence electrons. The summed E-state index contributed by atoms with van der Waals surface area (Å²) in [6.45, 7) is 15.2. The number of rotatable bonds is 4. The van der Waals surface area contributed by atoms with Crippen LogP contribution in [0.3, 0.4) is 0 Å². The lowest BCUT2D eigenvalue weighted by Crippen LogP contribution is -2.48. The van der Waals surface area contributed by atoms with Crippen LogP contribution in [0.25, 0.3) is 16.3 Å². The third-order valence-electron chi connectivity index (χ3n) is 9.22. The van der Waals surface area contributed by atoms with Crippen molar-refractivity contribution in [2.24, 2.45) is 17.3 Å². The van der Waals surface area contributed by atoms with Crippen LogP contribution >= 0.6 is 11.3 Å². The number of nitrogens with zero attached hydrogens (tertiary/aromatic N) is 1. The van der Waals surface area contributed by atoms with Crippen LogP contribution < -0.4 is 5.32 Å². The minimum absolute atomic E-state index is 0.00980. The molecule has 0 bridgehead atoms. The first-order valence-corrected chi connectivity index (χ1v) is 15.6. The standard InChI is InChI=1S/C33H46N2O5S/c1-8-10-23-30(38)19(2)11-9-14-33(7)28(40-33)17-24(35-29(37)18-27(36)32(5,6)31(23)39)20(3)15-22-12-13-26-25(16-22)34-21(4)41-26/h8,12-13,15-16,19,23-24,27-28,30,36,38H,1,9-11,14,17-18H2,2-7H3,(H,35,37)/b20-15+/t19-,23+,24-,27-,28?,30+,33?/m0/s1. The number of amides is 1. The van der Waals surface area contributed by atoms with Crippen molar-refractivity contribution in [2.75, 3.05) is 0 Å². The van der Waals surface area contributed by atoms with Gasteiger partial charge in [0.2, 0.25) is 5.91 Å². The maximum absolute atomic E-state index is 13.7. The smallest absolute Gasteiger partial charge is 0.223 e. The minimum atomic E-state index is -1.22. The molecular formula is C33H46N2O5S. The number of carbonyl (C=O) groups is 2. The topological polar surface area (TPSA) is 112 Å². The van der Waals surface area contributed by atoms with E-state index < -0.39 is 23.5 Å². The molecule has 2 saturated heterocycles. The molecule has 1 aromatic heterocycles. The number of nitrogens with one attached hydrogen (secondary N) is 1. The molecule has 0 radical (unpaired) electrons. The van der Waals surface area contributed by atoms with Gasteiger partial charge in [0.05, 0.1) is 57.0 Å². The molecule has 1 amide bonds. The van der Waals surface area contributed by atoms with E-state index in [1.165, 1.54) is 0 Å². The number of benzene rings is 1. The summed E-state index contributed by atoms with van der Waals surface area (Å²) in [5.41, 5.74) is 1.44. The number of thiazole rings is 1. The molecule has 0 spiro atoms. The lowest BCUT2D eigenvalue weighted by Gasteiger charge is -2.36. The Kier molecular flexibility index (Phi) is 9.58. The molecule has 1 aromatic carbocycles. The predicted molar refractivity (Wildman–Crippen MR) is 165 cm³/mol. The Labute approximate surface area is 248 Å². The summed E-state index contributed by atoms with van der Waals surface area (Å²) < 4.78 is 7.32. The molecule has 3 N–H and O–H groups in total. The van der Waals surface area contributed by atoms with Crippen molar-refractivity contribution >= 4 is 39.3 Å². The fourth-order valence-electron chi connectivity index (χ4n) is 6.14. The lowest BCUT2D eigenvalue weighted by atomic mass is 9.71. The van der Waals surface area contributed by atoms with Crippen LogP contribution in [0.1, 0.15) is 83.7 Å². The largest absolute Gasteiger partial charge is 0.392 e. The summed E-state index contributed by atoms with van der Waals surface area (Å²) in [7, 11) is 0. The maximum Gasteiger partial charge on any atom is 0.223 e. The summed E-state index contributed by atoms with van der Waals surface area (Å²) in [5, 5.41) is 26.5. The monoisotopic (exact) mass is 582 g/mol. The zero-order valence-electron chi connectivity index (χ0n) is 25.3. The predicted octanol–water partition coefficient (Wildman–Crippen LogP) is 5.76. The number of aryl methyl sites for hydroxylation is 1. The Morgan fingerprint density at radius 3 is 2.71 bits per heavy atom. The molecule has 2 aromatic rings. The number of aliphatic hydroxyl groups excluding tert-OH is 2. The molecule has 4 rings (SSSR count). The van der Waals surface area contributed by atoms with Gasteiger partial charge in [-0.25, -0.2) is 4.98 Å². The van der Waals surface area contributed by atoms with Crippen molar-refractivity contribution in [3.8, 4) is 0 Å². The van der Waals surface area contributed by atoms with E-state index in [9.17, 15) is 19.8 Å². The van der Waals surface area contributed by atoms with E-state index in [4.69, 9.17) is 4.74 Å². The molecule has 2 aliphatic heterocycles. The first-order valence-electron chi connectivity index (χ1n) is 14.8. The SMILES string of the molecule is C=CC[C@H]1C(=O)C(C)(C)[C@@H](O)CC(=O)N[C@H](/C(C)=C/c2ccc3sc(C)nc3c2)CC2OC2(C)CCC[C@H](C)[C@H]1O. The van der Waals surface area contributed by atoms with Gasteiger partial charge >= 0.3 is 0 Å². The number of carbonyl (C=O) groups excluding carboxylic acids is 2. The highest BCUT2D eigenvalue weighted by Gasteiger charge is 2.52. The van der Waals surface area contributed by atoms with Gasteiger partial charge in [-0.15, -0.1) is 17.9 Å². The Morgan fingerprint density at radius 2 is 2.00 bits per heavy atom. The number of aromatic nitrogens is 1. The summed E-state index contributed by atoms with van der Waals surface area (Å²) >= 11 is 1.66. The average molecular weight is 583 g/mol. The maximum atomic E-state index is 13.7. The lowest BCUT2D eigenvalue weighted by molar-refractivity contribution is -0.143. The van der Waals surface area contributed by atoms with E-state index in [0.717, 1.165) is 45.6 Å². The number of fused-ring (bicyclic) bond motifs is 2. The van der Waals surface area contributed by atoms with Crippen molar-refractivity contribution in [3.05, 3.63) is 47.0 Å². The first-order chi connectivity index (χ1) is 19.2. The number of hydrogen-bond acceptors (Lipinski definition) is 7. The molecule has 41 heavy (non-hydrogen) atoms. The van der Waals surface area contributed by atoms with Gasteiger partial charge in [-0.1, -0.05) is 51.0 Å². The van der Waals surface area contributed by atoms with Crippen LogP contribution in [0.15, 0.2) is 36.4 Å². The quantitative estimate of drug-likeness (QED) is 0.312. The zero-order chi connectivity index (χ0) is 30.1. The van der Waals surface area contributed by atoms with Crippen molar-refractivity contribution in [1.29, 1.82) is 0 Å². The summed E-state index contributed by atoms with van der Waals surface area (Å²) in [6.07, 6.45) is 4.79. The summed E-state index contributed by atoms with van der Waals surface area (Å²) in [4.78, 5) is 31.6. The van der Waals surface area contributed by atoms with Crippen molar-refractivity contribution < 1.29 is 24.5 Å². The molecule has 0 aliphatic carbocycles. The van der Waals surface area contributed by atoms with Crippen LogP contribution in [0, 0.1) is 24.2 Å². The summed E-state index contributed by atoms with van der Waals surface area (Å²) in [6, 6.07) is 5.90. The molecule has 0 saturated carbocycles. The Morgan fingerprint density at radius 1 is 1.27 bits per heavy atom. The van der Waals surface area contributed by atoms with Gasteiger partial charge in [0.15, 0.2) is 0 Å². The van der Waals surface area contributed by atoms with E-state index in [-0.39, 0.29) is 41.8 Å². The summed E-state index contributed by atoms with van der Waals surface area (Å²) in [5.74, 6) is -1.38. The fraction of sp³-hybridized carbons (Fsp3) is 0.606. The van der Waals surface area contributed by atoms with Gasteiger partial charge in [-0.3, -0.25) is 9.59 Å². The molecule has 7 nitrogen and oxygen atoms in total. The highest BCUT2D eigenvalue weighted by Crippen LogP contribution is 2.44. The van der Waals surface area contributed by atoms with Crippen LogP contribution in [-0.2, 0) is 14.3 Å². The van der Waals surface area contributed by atoms with Crippen LogP contribution in [0.4, 0.5) is 0 Å². The highest BCUT2D eigenvalue weighted by molar-refractivity contribution is 7.18. The third kappa shape index (κ3) is 7.16. The third-order valence-corrected chi connectivity index (χ3v) is 10.2. The van der Waals surface area contributed by atoms with Crippen molar-refractivity contribution in [3.63, 3.8) is 0 Å². The molecule has 7 atom stereocenters.